The summed E-state index contributed by atoms with van der Waals surface area (Å²) < 4.78 is 13.3. The van der Waals surface area contributed by atoms with E-state index in [0.29, 0.717) is 166 Å². The molecule has 3 aliphatic heterocycles. The number of nitro groups is 2. The normalized spacial score (nSPS) is 18.6. The molecular formula is C91H94Cl4N16O11+2. The van der Waals surface area contributed by atoms with Crippen LogP contribution in [-0.4, -0.2) is 161 Å². The van der Waals surface area contributed by atoms with E-state index in [1.54, 1.807) is 117 Å². The number of hydrogen-bond acceptors (Lipinski definition) is 20. The standard InChI is InChI=1S/C91H92Cl4N16O11/c1-4-104-39-7-10-56(53-104)44-87(112)105(88(90(113)114)73-27-21-67(51-84(73)109(119)120)106(81-31-37-100-79-47-61(94)17-25-71(79)81)110(40-8-11-63(96)54-110)42-33-57-13-19-65(49-83(57)108(117)118)102-75-29-35-98-77-45-59(92)15-23-69(75)77)89(91(115)116)74-28-22-68(52-86(74)122-6-3)107(82-32-38-101-80-48-62(95)18-26-72(80)82)111(41-9-12-64(97)55-111)43-34-58-14-20-66(50-85(58)121-5-2)103-76-30-36-99-78-46-60(93)16-24-70(76)78/h13-32,35-38,45-52,56,63-64,88-89H,4-12,33-34,39-44,53-55,96-97H2,1-3H3,(H2-2,98,99,102,103,113,114,115,116)/p+2. The Hall–Kier alpha value is -11.6. The number of likely N-dealkylation sites (tertiary alicyclic amines) is 3. The van der Waals surface area contributed by atoms with E-state index in [1.807, 2.05) is 79.5 Å². The van der Waals surface area contributed by atoms with Gasteiger partial charge in [0.1, 0.15) is 67.8 Å². The predicted octanol–water partition coefficient (Wildman–Crippen LogP) is 19.0. The first-order chi connectivity index (χ1) is 58.9. The SMILES string of the molecule is CCOc1cc(Nc2ccnc3cc(Cl)ccc23)ccc1CC[N+]1(N(c2ccc(C(C(=O)O)N(C(=O)CC3CCCN(CC)C3)C(C(=O)O)c3ccc(N(c4ccnc5cc(Cl)ccc45)[N+]4(CCc5ccc(Nc6ccnc7cc(Cl)ccc67)cc5[N+](=O)[O-])CCCC(N)C4)cc3[N+](=O)[O-])c(OCC)c2)c2ccnc3cc(Cl)ccc23)CCCC(N)C1. The fourth-order valence-electron chi connectivity index (χ4n) is 18.3. The van der Waals surface area contributed by atoms with Crippen LogP contribution in [0.1, 0.15) is 100 Å². The molecule has 0 spiro atoms. The van der Waals surface area contributed by atoms with Crippen LogP contribution in [0, 0.1) is 26.1 Å². The molecule has 3 fully saturated rings. The maximum Gasteiger partial charge on any atom is 0.331 e. The Bertz CT molecular complexity index is 6000. The van der Waals surface area contributed by atoms with Gasteiger partial charge >= 0.3 is 11.9 Å². The lowest BCUT2D eigenvalue weighted by molar-refractivity contribution is -0.935. The highest BCUT2D eigenvalue weighted by Gasteiger charge is 2.49. The zero-order valence-corrected chi connectivity index (χ0v) is 70.6. The van der Waals surface area contributed by atoms with Crippen molar-refractivity contribution in [3.05, 3.63) is 257 Å². The van der Waals surface area contributed by atoms with Crippen molar-refractivity contribution in [2.75, 3.05) is 92.8 Å². The Morgan fingerprint density at radius 2 is 0.992 bits per heavy atom. The second kappa shape index (κ2) is 37.0. The van der Waals surface area contributed by atoms with Gasteiger partial charge in [0.15, 0.2) is 12.1 Å². The molecule has 630 valence electrons. The first-order valence-electron chi connectivity index (χ1n) is 41.0. The van der Waals surface area contributed by atoms with Crippen molar-refractivity contribution in [3.63, 3.8) is 0 Å². The molecule has 122 heavy (non-hydrogen) atoms. The van der Waals surface area contributed by atoms with Gasteiger partial charge in [0.05, 0.1) is 68.5 Å². The van der Waals surface area contributed by atoms with E-state index in [9.17, 15) is 30.4 Å². The van der Waals surface area contributed by atoms with Crippen molar-refractivity contribution >= 4 is 165 Å². The van der Waals surface area contributed by atoms with Crippen molar-refractivity contribution < 1.29 is 53.1 Å². The third-order valence-electron chi connectivity index (χ3n) is 23.7. The molecule has 7 unspecified atom stereocenters. The minimum atomic E-state index is -2.35. The van der Waals surface area contributed by atoms with Crippen LogP contribution in [0.4, 0.5) is 56.9 Å². The van der Waals surface area contributed by atoms with Gasteiger partial charge in [-0.2, -0.15) is 10.0 Å². The predicted molar refractivity (Wildman–Crippen MR) is 478 cm³/mol. The van der Waals surface area contributed by atoms with E-state index in [0.717, 1.165) is 56.5 Å². The third-order valence-corrected chi connectivity index (χ3v) is 24.7. The number of amides is 1. The van der Waals surface area contributed by atoms with Crippen LogP contribution >= 0.6 is 46.4 Å². The number of quaternary nitrogens is 2. The van der Waals surface area contributed by atoms with Crippen LogP contribution in [0.15, 0.2) is 195 Å². The number of carboxylic acids is 2. The first-order valence-corrected chi connectivity index (χ1v) is 42.6. The number of nitrogens with zero attached hydrogens (tertiary/aromatic N) is 12. The Balaban J connectivity index is 0.848. The van der Waals surface area contributed by atoms with E-state index in [-0.39, 0.29) is 76.4 Å². The average Bonchev–Trinajstić information content (AvgIpc) is 0.741. The minimum Gasteiger partial charge on any atom is -0.494 e. The summed E-state index contributed by atoms with van der Waals surface area (Å²) >= 11 is 26.1. The van der Waals surface area contributed by atoms with Gasteiger partial charge in [0.2, 0.25) is 5.91 Å². The number of carbonyl (C=O) groups is 3. The van der Waals surface area contributed by atoms with Crippen LogP contribution < -0.4 is 41.6 Å². The fourth-order valence-corrected chi connectivity index (χ4v) is 19.0. The van der Waals surface area contributed by atoms with Crippen LogP contribution in [-0.2, 0) is 27.2 Å². The summed E-state index contributed by atoms with van der Waals surface area (Å²) in [6, 6.07) is 43.4. The van der Waals surface area contributed by atoms with Crippen LogP contribution in [0.2, 0.25) is 20.1 Å². The molecule has 7 atom stereocenters. The Morgan fingerprint density at radius 3 is 1.49 bits per heavy atom. The number of halogens is 4. The molecule has 0 bridgehead atoms. The molecule has 4 aromatic heterocycles. The monoisotopic (exact) mass is 1730 g/mol. The number of benzene rings is 8. The molecule has 3 aliphatic rings. The van der Waals surface area contributed by atoms with Crippen LogP contribution in [0.25, 0.3) is 43.6 Å². The molecule has 27 nitrogen and oxygen atoms in total. The molecule has 3 saturated heterocycles. The number of nitro benzene ring substituents is 2. The lowest BCUT2D eigenvalue weighted by atomic mass is 9.91. The van der Waals surface area contributed by atoms with E-state index >= 15 is 14.4 Å². The number of ether oxygens (including phenoxy) is 2. The molecule has 15 rings (SSSR count). The number of aliphatic carboxylic acids is 2. The second-order valence-corrected chi connectivity index (χ2v) is 33.3. The molecule has 0 radical (unpaired) electrons. The molecule has 12 aromatic rings. The van der Waals surface area contributed by atoms with Crippen molar-refractivity contribution in [2.45, 2.75) is 103 Å². The minimum absolute atomic E-state index is 0.0188. The molecule has 31 heteroatoms. The highest BCUT2D eigenvalue weighted by molar-refractivity contribution is 6.32. The summed E-state index contributed by atoms with van der Waals surface area (Å²) in [5, 5.41) is 68.0. The van der Waals surface area contributed by atoms with Crippen molar-refractivity contribution in [3.8, 4) is 11.5 Å². The molecule has 1 amide bonds. The highest BCUT2D eigenvalue weighted by Crippen LogP contribution is 2.49. The van der Waals surface area contributed by atoms with Gasteiger partial charge in [0, 0.05) is 163 Å². The summed E-state index contributed by atoms with van der Waals surface area (Å²) in [7, 11) is 0. The van der Waals surface area contributed by atoms with E-state index < -0.39 is 57.1 Å². The van der Waals surface area contributed by atoms with Gasteiger partial charge in [-0.15, -0.1) is 0 Å². The van der Waals surface area contributed by atoms with E-state index in [2.05, 4.69) is 30.5 Å². The summed E-state index contributed by atoms with van der Waals surface area (Å²) in [5.41, 5.74) is 20.9. The summed E-state index contributed by atoms with van der Waals surface area (Å²) in [6.07, 6.45) is 10.6. The van der Waals surface area contributed by atoms with E-state index in [1.165, 1.54) is 24.3 Å². The van der Waals surface area contributed by atoms with E-state index in [4.69, 9.17) is 77.3 Å². The number of aromatic nitrogens is 4. The van der Waals surface area contributed by atoms with Crippen LogP contribution in [0.3, 0.4) is 0 Å². The molecule has 8 aromatic carbocycles. The lowest BCUT2D eigenvalue weighted by Crippen LogP contribution is -2.66. The van der Waals surface area contributed by atoms with Gasteiger partial charge < -0.3 is 51.6 Å². The zero-order valence-electron chi connectivity index (χ0n) is 67.6. The lowest BCUT2D eigenvalue weighted by Gasteiger charge is -2.50. The fraction of sp³-hybridized carbons (Fsp3) is 0.308. The Labute approximate surface area is 724 Å². The van der Waals surface area contributed by atoms with Gasteiger partial charge in [0.25, 0.3) is 11.4 Å². The van der Waals surface area contributed by atoms with Crippen molar-refractivity contribution in [1.82, 2.24) is 29.7 Å². The number of nitrogens with two attached hydrogens (primary N) is 2. The van der Waals surface area contributed by atoms with Gasteiger partial charge in [-0.3, -0.25) is 45.0 Å². The molecule has 7 heterocycles. The smallest absolute Gasteiger partial charge is 0.331 e. The Kier molecular flexibility index (Phi) is 25.9. The van der Waals surface area contributed by atoms with Crippen LogP contribution in [0.5, 0.6) is 11.5 Å². The number of anilines is 8. The summed E-state index contributed by atoms with van der Waals surface area (Å²) in [4.78, 5) is 94.5. The van der Waals surface area contributed by atoms with Gasteiger partial charge in [-0.1, -0.05) is 65.5 Å². The number of piperidine rings is 3. The van der Waals surface area contributed by atoms with Crippen molar-refractivity contribution in [2.24, 2.45) is 17.4 Å². The number of pyridine rings is 4. The quantitative estimate of drug-likeness (QED) is 0.0134. The maximum atomic E-state index is 16.2. The summed E-state index contributed by atoms with van der Waals surface area (Å²) in [5.74, 6) is -4.03. The topological polar surface area (TPSA) is 337 Å². The molecular weight excluding hydrogens is 1630 g/mol. The zero-order chi connectivity index (χ0) is 85.7. The number of carboxylic acid groups (broad SMARTS) is 2. The average molecular weight is 1730 g/mol. The number of carbonyl (C=O) groups excluding carboxylic acids is 1. The molecule has 0 saturated carbocycles. The number of fused-ring (bicyclic) bond motifs is 4. The Morgan fingerprint density at radius 1 is 0.533 bits per heavy atom. The van der Waals surface area contributed by atoms with Crippen molar-refractivity contribution in [1.29, 1.82) is 0 Å². The number of hydrogen-bond donors (Lipinski definition) is 6. The second-order valence-electron chi connectivity index (χ2n) is 31.6. The third kappa shape index (κ3) is 18.1. The molecule has 0 aliphatic carbocycles. The highest BCUT2D eigenvalue weighted by atomic mass is 35.5. The molecule has 8 N–H and O–H groups in total. The number of rotatable bonds is 31. The summed E-state index contributed by atoms with van der Waals surface area (Å²) in [6.45, 7) is 9.95. The largest absolute Gasteiger partial charge is 0.494 e. The first kappa shape index (κ1) is 85.4. The number of nitrogens with one attached hydrogen (secondary N) is 2. The van der Waals surface area contributed by atoms with Gasteiger partial charge in [-0.25, -0.2) is 18.8 Å². The maximum absolute atomic E-state index is 16.2. The van der Waals surface area contributed by atoms with Gasteiger partial charge in [-0.05, 0) is 198 Å².